The number of hydrogen-bond acceptors (Lipinski definition) is 2. The number of para-hydroxylation sites is 1. The van der Waals surface area contributed by atoms with Crippen LogP contribution < -0.4 is 5.32 Å². The quantitative estimate of drug-likeness (QED) is 0.550. The molecule has 0 bridgehead atoms. The van der Waals surface area contributed by atoms with Gasteiger partial charge < -0.3 is 20.1 Å². The molecule has 3 aromatic rings. The van der Waals surface area contributed by atoms with E-state index in [-0.39, 0.29) is 11.9 Å². The highest BCUT2D eigenvalue weighted by Crippen LogP contribution is 2.28. The molecule has 6 nitrogen and oxygen atoms in total. The summed E-state index contributed by atoms with van der Waals surface area (Å²) in [5, 5.41) is 4.48. The molecule has 0 aliphatic carbocycles. The van der Waals surface area contributed by atoms with Crippen LogP contribution in [0, 0.1) is 0 Å². The molecular weight excluding hydrogens is 456 g/mol. The van der Waals surface area contributed by atoms with Gasteiger partial charge in [0.2, 0.25) is 0 Å². The topological polar surface area (TPSA) is 68.4 Å². The van der Waals surface area contributed by atoms with Gasteiger partial charge in [-0.2, -0.15) is 0 Å². The molecule has 1 aromatic heterocycles. The van der Waals surface area contributed by atoms with Gasteiger partial charge in [-0.15, -0.1) is 0 Å². The Morgan fingerprint density at radius 3 is 2.41 bits per heavy atom. The lowest BCUT2D eigenvalue weighted by molar-refractivity contribution is 0.0757. The van der Waals surface area contributed by atoms with Gasteiger partial charge in [-0.25, -0.2) is 4.79 Å². The predicted molar refractivity (Wildman–Crippen MR) is 119 cm³/mol. The van der Waals surface area contributed by atoms with E-state index in [1.54, 1.807) is 34.1 Å². The van der Waals surface area contributed by atoms with Crippen molar-refractivity contribution < 1.29 is 9.59 Å². The third-order valence-electron chi connectivity index (χ3n) is 5.02. The minimum absolute atomic E-state index is 0.0620. The molecule has 2 N–H and O–H groups in total. The number of amides is 3. The molecule has 3 amide bonds. The van der Waals surface area contributed by atoms with Gasteiger partial charge in [-0.3, -0.25) is 4.79 Å². The summed E-state index contributed by atoms with van der Waals surface area (Å²) in [7, 11) is 0. The van der Waals surface area contributed by atoms with Crippen LogP contribution >= 0.6 is 27.5 Å². The Morgan fingerprint density at radius 1 is 0.966 bits per heavy atom. The average molecular weight is 476 g/mol. The molecule has 2 aromatic carbocycles. The number of hydrogen-bond donors (Lipinski definition) is 2. The van der Waals surface area contributed by atoms with Gasteiger partial charge in [-0.05, 0) is 52.7 Å². The molecule has 0 atom stereocenters. The van der Waals surface area contributed by atoms with E-state index < -0.39 is 0 Å². The highest BCUT2D eigenvalue weighted by atomic mass is 79.9. The Bertz CT molecular complexity index is 1050. The number of rotatable bonds is 2. The summed E-state index contributed by atoms with van der Waals surface area (Å²) in [5.74, 6) is -0.0620. The number of aromatic nitrogens is 1. The van der Waals surface area contributed by atoms with Crippen molar-refractivity contribution in [1.82, 2.24) is 14.8 Å². The van der Waals surface area contributed by atoms with Gasteiger partial charge in [0.25, 0.3) is 5.91 Å². The molecule has 150 valence electrons. The molecule has 4 rings (SSSR count). The summed E-state index contributed by atoms with van der Waals surface area (Å²) in [6.07, 6.45) is 0.720. The number of nitrogens with zero attached hydrogens (tertiary/aromatic N) is 2. The van der Waals surface area contributed by atoms with Gasteiger partial charge in [0.1, 0.15) is 5.69 Å². The minimum atomic E-state index is -0.173. The Morgan fingerprint density at radius 2 is 1.66 bits per heavy atom. The normalized spacial score (nSPS) is 14.7. The number of H-pyrrole nitrogens is 1. The first-order valence-corrected chi connectivity index (χ1v) is 10.6. The molecule has 1 aliphatic rings. The van der Waals surface area contributed by atoms with Crippen LogP contribution in [0.3, 0.4) is 0 Å². The van der Waals surface area contributed by atoms with E-state index in [1.807, 2.05) is 24.3 Å². The molecule has 1 saturated heterocycles. The molecular formula is C21H20BrClN4O2. The number of carbonyl (C=O) groups excluding carboxylic acids is 2. The fraction of sp³-hybridized carbons (Fsp3) is 0.238. The molecule has 1 aliphatic heterocycles. The van der Waals surface area contributed by atoms with E-state index in [0.29, 0.717) is 42.6 Å². The monoisotopic (exact) mass is 474 g/mol. The smallest absolute Gasteiger partial charge is 0.321 e. The molecule has 1 fully saturated rings. The Labute approximate surface area is 181 Å². The standard InChI is InChI=1S/C21H20BrClN4O2/c22-18-16-4-1-2-5-17(16)25-19(18)20(28)26-10-3-11-27(13-12-26)21(29)24-15-8-6-14(23)7-9-15/h1-2,4-9,25H,3,10-13H2,(H,24,29). The van der Waals surface area contributed by atoms with Crippen molar-refractivity contribution in [3.05, 3.63) is 63.7 Å². The second kappa shape index (κ2) is 8.47. The summed E-state index contributed by atoms with van der Waals surface area (Å²) in [4.78, 5) is 32.4. The summed E-state index contributed by atoms with van der Waals surface area (Å²) < 4.78 is 0.777. The highest BCUT2D eigenvalue weighted by Gasteiger charge is 2.25. The van der Waals surface area contributed by atoms with Gasteiger partial charge in [0, 0.05) is 47.8 Å². The molecule has 8 heteroatoms. The van der Waals surface area contributed by atoms with Crippen molar-refractivity contribution in [1.29, 1.82) is 0 Å². The van der Waals surface area contributed by atoms with Crippen molar-refractivity contribution in [3.8, 4) is 0 Å². The number of halogens is 2. The Hall–Kier alpha value is -2.51. The van der Waals surface area contributed by atoms with Crippen molar-refractivity contribution in [2.24, 2.45) is 0 Å². The van der Waals surface area contributed by atoms with E-state index >= 15 is 0 Å². The van der Waals surface area contributed by atoms with Crippen LogP contribution in [0.4, 0.5) is 10.5 Å². The van der Waals surface area contributed by atoms with Crippen molar-refractivity contribution >= 4 is 56.1 Å². The number of aromatic amines is 1. The van der Waals surface area contributed by atoms with E-state index in [1.165, 1.54) is 0 Å². The number of urea groups is 1. The number of carbonyl (C=O) groups is 2. The van der Waals surface area contributed by atoms with Crippen LogP contribution in [0.2, 0.25) is 5.02 Å². The summed E-state index contributed by atoms with van der Waals surface area (Å²) >= 11 is 9.44. The van der Waals surface area contributed by atoms with E-state index in [0.717, 1.165) is 21.8 Å². The SMILES string of the molecule is O=C(Nc1ccc(Cl)cc1)N1CCCN(C(=O)c2[nH]c3ccccc3c2Br)CC1. The number of fused-ring (bicyclic) bond motifs is 1. The van der Waals surface area contributed by atoms with Crippen LogP contribution in [0.25, 0.3) is 10.9 Å². The van der Waals surface area contributed by atoms with E-state index in [2.05, 4.69) is 26.2 Å². The molecule has 29 heavy (non-hydrogen) atoms. The fourth-order valence-electron chi connectivity index (χ4n) is 3.47. The number of benzene rings is 2. The Balaban J connectivity index is 1.42. The maximum absolute atomic E-state index is 13.1. The maximum atomic E-state index is 13.1. The van der Waals surface area contributed by atoms with Gasteiger partial charge >= 0.3 is 6.03 Å². The van der Waals surface area contributed by atoms with E-state index in [4.69, 9.17) is 11.6 Å². The summed E-state index contributed by atoms with van der Waals surface area (Å²) in [6.45, 7) is 2.15. The van der Waals surface area contributed by atoms with Crippen LogP contribution in [0.5, 0.6) is 0 Å². The average Bonchev–Trinajstić information content (AvgIpc) is 2.90. The second-order valence-corrected chi connectivity index (χ2v) is 8.16. The molecule has 2 heterocycles. The molecule has 0 saturated carbocycles. The van der Waals surface area contributed by atoms with Crippen molar-refractivity contribution in [2.75, 3.05) is 31.5 Å². The Kier molecular flexibility index (Phi) is 5.78. The first-order chi connectivity index (χ1) is 14.0. The lowest BCUT2D eigenvalue weighted by Gasteiger charge is -2.22. The third-order valence-corrected chi connectivity index (χ3v) is 6.10. The fourth-order valence-corrected chi connectivity index (χ4v) is 4.21. The van der Waals surface area contributed by atoms with E-state index in [9.17, 15) is 9.59 Å². The van der Waals surface area contributed by atoms with Crippen LogP contribution in [-0.4, -0.2) is 52.9 Å². The van der Waals surface area contributed by atoms with Crippen LogP contribution in [0.15, 0.2) is 53.0 Å². The number of anilines is 1. The largest absolute Gasteiger partial charge is 0.350 e. The minimum Gasteiger partial charge on any atom is -0.350 e. The zero-order valence-electron chi connectivity index (χ0n) is 15.6. The molecule has 0 radical (unpaired) electrons. The van der Waals surface area contributed by atoms with Gasteiger partial charge in [0.05, 0.1) is 4.47 Å². The van der Waals surface area contributed by atoms with Gasteiger partial charge in [-0.1, -0.05) is 29.8 Å². The second-order valence-electron chi connectivity index (χ2n) is 6.93. The predicted octanol–water partition coefficient (Wildman–Crippen LogP) is 4.96. The van der Waals surface area contributed by atoms with Crippen LogP contribution in [0.1, 0.15) is 16.9 Å². The highest BCUT2D eigenvalue weighted by molar-refractivity contribution is 9.10. The first-order valence-electron chi connectivity index (χ1n) is 9.40. The first kappa shape index (κ1) is 19.8. The van der Waals surface area contributed by atoms with Crippen molar-refractivity contribution in [3.63, 3.8) is 0 Å². The van der Waals surface area contributed by atoms with Crippen LogP contribution in [-0.2, 0) is 0 Å². The number of nitrogens with one attached hydrogen (secondary N) is 2. The lowest BCUT2D eigenvalue weighted by Crippen LogP contribution is -2.39. The summed E-state index contributed by atoms with van der Waals surface area (Å²) in [5.41, 5.74) is 2.16. The summed E-state index contributed by atoms with van der Waals surface area (Å²) in [6, 6.07) is 14.6. The zero-order chi connectivity index (χ0) is 20.4. The molecule has 0 unspecified atom stereocenters. The lowest BCUT2D eigenvalue weighted by atomic mass is 10.2. The zero-order valence-corrected chi connectivity index (χ0v) is 18.0. The third kappa shape index (κ3) is 4.26. The maximum Gasteiger partial charge on any atom is 0.321 e. The van der Waals surface area contributed by atoms with Crippen molar-refractivity contribution in [2.45, 2.75) is 6.42 Å². The molecule has 0 spiro atoms. The van der Waals surface area contributed by atoms with Gasteiger partial charge in [0.15, 0.2) is 0 Å².